The smallest absolute Gasteiger partial charge is 0.262 e. The summed E-state index contributed by atoms with van der Waals surface area (Å²) in [5.74, 6) is 0.942. The van der Waals surface area contributed by atoms with Gasteiger partial charge in [0.2, 0.25) is 0 Å². The number of hydrogen-bond donors (Lipinski definition) is 1. The van der Waals surface area contributed by atoms with Crippen molar-refractivity contribution >= 4 is 0 Å². The highest BCUT2D eigenvalue weighted by Gasteiger charge is 2.13. The summed E-state index contributed by atoms with van der Waals surface area (Å²) in [6.45, 7) is 1.93. The molecule has 0 aliphatic heterocycles. The zero-order valence-corrected chi connectivity index (χ0v) is 7.48. The Kier molecular flexibility index (Phi) is 1.99. The highest BCUT2D eigenvalue weighted by atomic mass is 16.5. The molecular formula is C8H7N5O. The predicted octanol–water partition coefficient (Wildman–Crippen LogP) is 0.894. The monoisotopic (exact) mass is 189 g/mol. The Bertz CT molecular complexity index is 478. The Morgan fingerprint density at radius 3 is 3.14 bits per heavy atom. The minimum Gasteiger partial charge on any atom is -0.334 e. The number of aromatic amines is 1. The van der Waals surface area contributed by atoms with E-state index in [1.165, 1.54) is 6.20 Å². The number of nitriles is 1. The molecule has 2 heterocycles. The third kappa shape index (κ3) is 1.25. The van der Waals surface area contributed by atoms with Crippen LogP contribution in [0.15, 0.2) is 10.7 Å². The van der Waals surface area contributed by atoms with E-state index in [-0.39, 0.29) is 0 Å². The zero-order chi connectivity index (χ0) is 9.97. The fraction of sp³-hybridized carbons (Fsp3) is 0.250. The second kappa shape index (κ2) is 3.30. The van der Waals surface area contributed by atoms with E-state index < -0.39 is 0 Å². The lowest BCUT2D eigenvalue weighted by Crippen LogP contribution is -1.83. The second-order valence-corrected chi connectivity index (χ2v) is 2.64. The van der Waals surface area contributed by atoms with Gasteiger partial charge in [0.15, 0.2) is 5.82 Å². The number of nitrogens with zero attached hydrogens (tertiary/aromatic N) is 4. The van der Waals surface area contributed by atoms with E-state index >= 15 is 0 Å². The van der Waals surface area contributed by atoms with Crippen molar-refractivity contribution < 1.29 is 4.52 Å². The molecule has 14 heavy (non-hydrogen) atoms. The first-order valence-corrected chi connectivity index (χ1v) is 4.11. The van der Waals surface area contributed by atoms with Crippen LogP contribution in [0.2, 0.25) is 0 Å². The highest BCUT2D eigenvalue weighted by molar-refractivity contribution is 5.58. The van der Waals surface area contributed by atoms with Crippen molar-refractivity contribution in [2.45, 2.75) is 13.3 Å². The van der Waals surface area contributed by atoms with Gasteiger partial charge in [-0.15, -0.1) is 0 Å². The van der Waals surface area contributed by atoms with Gasteiger partial charge in [-0.05, 0) is 0 Å². The Morgan fingerprint density at radius 2 is 2.50 bits per heavy atom. The molecule has 0 radical (unpaired) electrons. The van der Waals surface area contributed by atoms with Gasteiger partial charge < -0.3 is 4.52 Å². The predicted molar refractivity (Wildman–Crippen MR) is 46.0 cm³/mol. The Hall–Kier alpha value is -2.16. The standard InChI is InChI=1S/C8H7N5O/c1-2-7-11-8(14-13-7)5-4-10-12-6(5)3-9/h4H,2H2,1H3,(H,10,12). The Balaban J connectivity index is 2.45. The molecule has 2 rings (SSSR count). The average molecular weight is 189 g/mol. The van der Waals surface area contributed by atoms with Gasteiger partial charge in [0.05, 0.1) is 11.8 Å². The summed E-state index contributed by atoms with van der Waals surface area (Å²) in [4.78, 5) is 4.09. The van der Waals surface area contributed by atoms with Crippen molar-refractivity contribution in [3.05, 3.63) is 17.7 Å². The molecule has 0 saturated heterocycles. The molecule has 70 valence electrons. The Labute approximate surface area is 79.6 Å². The maximum absolute atomic E-state index is 8.72. The van der Waals surface area contributed by atoms with Gasteiger partial charge in [0, 0.05) is 6.42 Å². The third-order valence-corrected chi connectivity index (χ3v) is 1.77. The number of nitrogens with one attached hydrogen (secondary N) is 1. The lowest BCUT2D eigenvalue weighted by atomic mass is 10.2. The number of hydrogen-bond acceptors (Lipinski definition) is 5. The topological polar surface area (TPSA) is 91.4 Å². The van der Waals surface area contributed by atoms with Crippen molar-refractivity contribution in [1.29, 1.82) is 5.26 Å². The average Bonchev–Trinajstić information content (AvgIpc) is 2.85. The van der Waals surface area contributed by atoms with Gasteiger partial charge in [0.25, 0.3) is 5.89 Å². The summed E-state index contributed by atoms with van der Waals surface area (Å²) in [5, 5.41) is 18.7. The van der Waals surface area contributed by atoms with Gasteiger partial charge in [-0.1, -0.05) is 12.1 Å². The quantitative estimate of drug-likeness (QED) is 0.757. The molecule has 0 aliphatic carbocycles. The molecule has 6 nitrogen and oxygen atoms in total. The van der Waals surface area contributed by atoms with Gasteiger partial charge in [0.1, 0.15) is 11.8 Å². The van der Waals surface area contributed by atoms with Crippen molar-refractivity contribution in [3.8, 4) is 17.5 Å². The molecule has 1 N–H and O–H groups in total. The number of aryl methyl sites for hydroxylation is 1. The first-order chi connectivity index (χ1) is 6.85. The summed E-state index contributed by atoms with van der Waals surface area (Å²) in [6, 6.07) is 1.96. The Morgan fingerprint density at radius 1 is 1.64 bits per heavy atom. The van der Waals surface area contributed by atoms with Crippen LogP contribution in [0.3, 0.4) is 0 Å². The van der Waals surface area contributed by atoms with E-state index in [0.717, 1.165) is 0 Å². The number of H-pyrrole nitrogens is 1. The minimum absolute atomic E-state index is 0.326. The molecule has 0 aromatic carbocycles. The number of aromatic nitrogens is 4. The van der Waals surface area contributed by atoms with E-state index in [1.807, 2.05) is 13.0 Å². The minimum atomic E-state index is 0.326. The van der Waals surface area contributed by atoms with Gasteiger partial charge in [-0.2, -0.15) is 15.3 Å². The molecule has 0 aliphatic rings. The first-order valence-electron chi connectivity index (χ1n) is 4.11. The van der Waals surface area contributed by atoms with E-state index in [9.17, 15) is 0 Å². The molecule has 0 atom stereocenters. The molecule has 0 bridgehead atoms. The van der Waals surface area contributed by atoms with Crippen molar-refractivity contribution in [2.75, 3.05) is 0 Å². The maximum Gasteiger partial charge on any atom is 0.262 e. The molecule has 0 amide bonds. The van der Waals surface area contributed by atoms with Crippen LogP contribution in [-0.2, 0) is 6.42 Å². The van der Waals surface area contributed by atoms with Crippen LogP contribution in [0.25, 0.3) is 11.5 Å². The van der Waals surface area contributed by atoms with Crippen molar-refractivity contribution in [1.82, 2.24) is 20.3 Å². The van der Waals surface area contributed by atoms with Crippen LogP contribution in [-0.4, -0.2) is 20.3 Å². The van der Waals surface area contributed by atoms with E-state index in [2.05, 4.69) is 20.3 Å². The zero-order valence-electron chi connectivity index (χ0n) is 7.48. The third-order valence-electron chi connectivity index (χ3n) is 1.77. The van der Waals surface area contributed by atoms with Crippen LogP contribution >= 0.6 is 0 Å². The lowest BCUT2D eigenvalue weighted by molar-refractivity contribution is 0.423. The second-order valence-electron chi connectivity index (χ2n) is 2.64. The highest BCUT2D eigenvalue weighted by Crippen LogP contribution is 2.18. The number of rotatable bonds is 2. The molecule has 0 spiro atoms. The van der Waals surface area contributed by atoms with Crippen molar-refractivity contribution in [2.24, 2.45) is 0 Å². The summed E-state index contributed by atoms with van der Waals surface area (Å²) in [5.41, 5.74) is 0.871. The van der Waals surface area contributed by atoms with Crippen LogP contribution in [0, 0.1) is 11.3 Å². The van der Waals surface area contributed by atoms with E-state index in [1.54, 1.807) is 0 Å². The van der Waals surface area contributed by atoms with Crippen LogP contribution in [0.1, 0.15) is 18.4 Å². The normalized spacial score (nSPS) is 10.0. The van der Waals surface area contributed by atoms with Gasteiger partial charge in [-0.3, -0.25) is 5.10 Å². The molecule has 0 saturated carbocycles. The fourth-order valence-electron chi connectivity index (χ4n) is 1.04. The molecule has 0 unspecified atom stereocenters. The molecule has 2 aromatic heterocycles. The molecule has 0 fully saturated rings. The fourth-order valence-corrected chi connectivity index (χ4v) is 1.04. The molecular weight excluding hydrogens is 182 g/mol. The van der Waals surface area contributed by atoms with Crippen LogP contribution < -0.4 is 0 Å². The van der Waals surface area contributed by atoms with Crippen LogP contribution in [0.4, 0.5) is 0 Å². The molecule has 2 aromatic rings. The SMILES string of the molecule is CCc1noc(-c2cn[nH]c2C#N)n1. The summed E-state index contributed by atoms with van der Waals surface area (Å²) < 4.78 is 4.97. The summed E-state index contributed by atoms with van der Waals surface area (Å²) in [7, 11) is 0. The van der Waals surface area contributed by atoms with Gasteiger partial charge >= 0.3 is 0 Å². The first kappa shape index (κ1) is 8.44. The van der Waals surface area contributed by atoms with E-state index in [0.29, 0.717) is 29.4 Å². The van der Waals surface area contributed by atoms with Crippen LogP contribution in [0.5, 0.6) is 0 Å². The summed E-state index contributed by atoms with van der Waals surface area (Å²) >= 11 is 0. The largest absolute Gasteiger partial charge is 0.334 e. The maximum atomic E-state index is 8.72. The lowest BCUT2D eigenvalue weighted by Gasteiger charge is -1.85. The molecule has 6 heteroatoms. The van der Waals surface area contributed by atoms with Crippen molar-refractivity contribution in [3.63, 3.8) is 0 Å². The van der Waals surface area contributed by atoms with Gasteiger partial charge in [-0.25, -0.2) is 0 Å². The summed E-state index contributed by atoms with van der Waals surface area (Å²) in [6.07, 6.45) is 2.19. The van der Waals surface area contributed by atoms with E-state index in [4.69, 9.17) is 9.78 Å².